The van der Waals surface area contributed by atoms with Gasteiger partial charge < -0.3 is 14.7 Å². The molecule has 2 aromatic rings. The molecule has 23 heavy (non-hydrogen) atoms. The van der Waals surface area contributed by atoms with Gasteiger partial charge in [0.25, 0.3) is 0 Å². The zero-order valence-electron chi connectivity index (χ0n) is 13.7. The summed E-state index contributed by atoms with van der Waals surface area (Å²) in [5, 5.41) is 9.50. The molecule has 0 saturated carbocycles. The minimum atomic E-state index is 0.156. The largest absolute Gasteiger partial charge is 0.496 e. The summed E-state index contributed by atoms with van der Waals surface area (Å²) in [6.45, 7) is 2.42. The van der Waals surface area contributed by atoms with Gasteiger partial charge in [-0.3, -0.25) is 0 Å². The van der Waals surface area contributed by atoms with Crippen molar-refractivity contribution < 1.29 is 9.84 Å². The molecule has 0 unspecified atom stereocenters. The molecule has 0 radical (unpaired) electrons. The monoisotopic (exact) mass is 311 g/mol. The van der Waals surface area contributed by atoms with E-state index in [1.165, 1.54) is 24.1 Å². The molecule has 1 saturated heterocycles. The lowest BCUT2D eigenvalue weighted by Gasteiger charge is -2.23. The molecule has 0 amide bonds. The molecule has 0 aliphatic carbocycles. The van der Waals surface area contributed by atoms with Crippen molar-refractivity contribution in [1.29, 1.82) is 0 Å². The molecule has 0 bridgehead atoms. The molecular weight excluding hydrogens is 286 g/mol. The molecule has 0 spiro atoms. The summed E-state index contributed by atoms with van der Waals surface area (Å²) in [5.74, 6) is 1.07. The number of rotatable bonds is 6. The second-order valence-electron chi connectivity index (χ2n) is 6.10. The van der Waals surface area contributed by atoms with Gasteiger partial charge >= 0.3 is 0 Å². The lowest BCUT2D eigenvalue weighted by molar-refractivity contribution is 0.280. The fourth-order valence-electron chi connectivity index (χ4n) is 3.48. The summed E-state index contributed by atoms with van der Waals surface area (Å²) in [7, 11) is 1.73. The first kappa shape index (κ1) is 15.9. The Labute approximate surface area is 138 Å². The molecule has 1 atom stereocenters. The highest BCUT2D eigenvalue weighted by atomic mass is 16.5. The molecule has 1 heterocycles. The molecule has 1 aliphatic rings. The molecule has 1 fully saturated rings. The van der Waals surface area contributed by atoms with Crippen LogP contribution in [0.2, 0.25) is 0 Å². The van der Waals surface area contributed by atoms with Crippen molar-refractivity contribution in [1.82, 2.24) is 0 Å². The summed E-state index contributed by atoms with van der Waals surface area (Å²) in [4.78, 5) is 2.41. The van der Waals surface area contributed by atoms with E-state index in [4.69, 9.17) is 4.74 Å². The first-order valence-corrected chi connectivity index (χ1v) is 8.42. The molecule has 3 nitrogen and oxygen atoms in total. The molecule has 3 heteroatoms. The highest BCUT2D eigenvalue weighted by Crippen LogP contribution is 2.37. The quantitative estimate of drug-likeness (QED) is 0.880. The van der Waals surface area contributed by atoms with Gasteiger partial charge in [0.05, 0.1) is 7.11 Å². The third-order valence-corrected chi connectivity index (χ3v) is 4.68. The lowest BCUT2D eigenvalue weighted by Crippen LogP contribution is -2.17. The van der Waals surface area contributed by atoms with Crippen molar-refractivity contribution in [2.24, 2.45) is 0 Å². The van der Waals surface area contributed by atoms with E-state index in [0.717, 1.165) is 24.4 Å². The van der Waals surface area contributed by atoms with Gasteiger partial charge in [0, 0.05) is 42.9 Å². The SMILES string of the molecule is COc1cc(N2CCCC2)ccc1[C@@H](CCO)c1ccccc1. The Morgan fingerprint density at radius 3 is 2.48 bits per heavy atom. The van der Waals surface area contributed by atoms with Gasteiger partial charge in [-0.05, 0) is 30.9 Å². The summed E-state index contributed by atoms with van der Waals surface area (Å²) in [5.41, 5.74) is 3.60. The van der Waals surface area contributed by atoms with Crippen molar-refractivity contribution >= 4 is 5.69 Å². The number of methoxy groups -OCH3 is 1. The van der Waals surface area contributed by atoms with E-state index in [1.807, 2.05) is 18.2 Å². The molecule has 1 N–H and O–H groups in total. The fraction of sp³-hybridized carbons (Fsp3) is 0.400. The van der Waals surface area contributed by atoms with Gasteiger partial charge in [-0.1, -0.05) is 36.4 Å². The predicted molar refractivity (Wildman–Crippen MR) is 94.4 cm³/mol. The van der Waals surface area contributed by atoms with Crippen LogP contribution in [-0.4, -0.2) is 31.9 Å². The van der Waals surface area contributed by atoms with Crippen LogP contribution in [0.5, 0.6) is 5.75 Å². The maximum absolute atomic E-state index is 9.50. The minimum absolute atomic E-state index is 0.156. The fourth-order valence-corrected chi connectivity index (χ4v) is 3.48. The number of hydrogen-bond acceptors (Lipinski definition) is 3. The highest BCUT2D eigenvalue weighted by molar-refractivity contribution is 5.56. The normalized spacial score (nSPS) is 15.7. The van der Waals surface area contributed by atoms with Crippen molar-refractivity contribution in [3.05, 3.63) is 59.7 Å². The Balaban J connectivity index is 1.95. The molecule has 3 rings (SSSR count). The number of anilines is 1. The van der Waals surface area contributed by atoms with Crippen LogP contribution in [0.1, 0.15) is 36.3 Å². The van der Waals surface area contributed by atoms with Gasteiger partial charge in [0.1, 0.15) is 5.75 Å². The van der Waals surface area contributed by atoms with Gasteiger partial charge in [-0.15, -0.1) is 0 Å². The van der Waals surface area contributed by atoms with Crippen LogP contribution < -0.4 is 9.64 Å². The van der Waals surface area contributed by atoms with E-state index in [1.54, 1.807) is 7.11 Å². The van der Waals surface area contributed by atoms with Gasteiger partial charge in [-0.2, -0.15) is 0 Å². The number of ether oxygens (including phenoxy) is 1. The third-order valence-electron chi connectivity index (χ3n) is 4.68. The standard InChI is InChI=1S/C20H25NO2/c1-23-20-15-17(21-12-5-6-13-21)9-10-19(20)18(11-14-22)16-7-3-2-4-8-16/h2-4,7-10,15,18,22H,5-6,11-14H2,1H3/t18-/m0/s1. The van der Waals surface area contributed by atoms with Crippen molar-refractivity contribution in [2.45, 2.75) is 25.2 Å². The van der Waals surface area contributed by atoms with Crippen LogP contribution in [-0.2, 0) is 0 Å². The van der Waals surface area contributed by atoms with E-state index in [0.29, 0.717) is 6.42 Å². The van der Waals surface area contributed by atoms with Crippen molar-refractivity contribution in [3.63, 3.8) is 0 Å². The molecule has 122 valence electrons. The van der Waals surface area contributed by atoms with Crippen molar-refractivity contribution in [2.75, 3.05) is 31.7 Å². The van der Waals surface area contributed by atoms with E-state index < -0.39 is 0 Å². The predicted octanol–water partition coefficient (Wildman–Crippen LogP) is 3.81. The van der Waals surface area contributed by atoms with Crippen molar-refractivity contribution in [3.8, 4) is 5.75 Å². The van der Waals surface area contributed by atoms with E-state index in [2.05, 4.69) is 35.2 Å². The van der Waals surface area contributed by atoms with Crippen LogP contribution in [0.25, 0.3) is 0 Å². The van der Waals surface area contributed by atoms with Crippen LogP contribution in [0.15, 0.2) is 48.5 Å². The topological polar surface area (TPSA) is 32.7 Å². The van der Waals surface area contributed by atoms with E-state index in [9.17, 15) is 5.11 Å². The smallest absolute Gasteiger partial charge is 0.124 e. The van der Waals surface area contributed by atoms with E-state index in [-0.39, 0.29) is 12.5 Å². The number of aliphatic hydroxyl groups excluding tert-OH is 1. The third kappa shape index (κ3) is 3.50. The van der Waals surface area contributed by atoms with Gasteiger partial charge in [0.15, 0.2) is 0 Å². The lowest BCUT2D eigenvalue weighted by atomic mass is 9.88. The minimum Gasteiger partial charge on any atom is -0.496 e. The average molecular weight is 311 g/mol. The number of hydrogen-bond donors (Lipinski definition) is 1. The summed E-state index contributed by atoms with van der Waals surface area (Å²) >= 11 is 0. The zero-order chi connectivity index (χ0) is 16.1. The second-order valence-corrected chi connectivity index (χ2v) is 6.10. The Morgan fingerprint density at radius 1 is 1.09 bits per heavy atom. The Bertz CT molecular complexity index is 621. The van der Waals surface area contributed by atoms with Crippen LogP contribution in [0.4, 0.5) is 5.69 Å². The molecular formula is C20H25NO2. The number of aliphatic hydroxyl groups is 1. The first-order chi connectivity index (χ1) is 11.3. The summed E-state index contributed by atoms with van der Waals surface area (Å²) < 4.78 is 5.69. The summed E-state index contributed by atoms with van der Waals surface area (Å²) in [6.07, 6.45) is 3.23. The number of benzene rings is 2. The van der Waals surface area contributed by atoms with Gasteiger partial charge in [-0.25, -0.2) is 0 Å². The van der Waals surface area contributed by atoms with Gasteiger partial charge in [0.2, 0.25) is 0 Å². The Morgan fingerprint density at radius 2 is 1.83 bits per heavy atom. The second kappa shape index (κ2) is 7.51. The molecule has 1 aliphatic heterocycles. The van der Waals surface area contributed by atoms with Crippen LogP contribution >= 0.6 is 0 Å². The first-order valence-electron chi connectivity index (χ1n) is 8.42. The summed E-state index contributed by atoms with van der Waals surface area (Å²) in [6, 6.07) is 16.9. The highest BCUT2D eigenvalue weighted by Gasteiger charge is 2.20. The zero-order valence-corrected chi connectivity index (χ0v) is 13.7. The molecule has 0 aromatic heterocycles. The maximum Gasteiger partial charge on any atom is 0.124 e. The maximum atomic E-state index is 9.50. The van der Waals surface area contributed by atoms with E-state index >= 15 is 0 Å². The number of nitrogens with zero attached hydrogens (tertiary/aromatic N) is 1. The van der Waals surface area contributed by atoms with Crippen LogP contribution in [0, 0.1) is 0 Å². The average Bonchev–Trinajstić information content (AvgIpc) is 3.15. The molecule has 2 aromatic carbocycles. The Kier molecular flexibility index (Phi) is 5.19. The Hall–Kier alpha value is -2.00. The van der Waals surface area contributed by atoms with Crippen LogP contribution in [0.3, 0.4) is 0 Å².